The Balaban J connectivity index is 1.97. The quantitative estimate of drug-likeness (QED) is 0.639. The lowest BCUT2D eigenvalue weighted by Gasteiger charge is -2.31. The molecule has 0 aliphatic carbocycles. The van der Waals surface area contributed by atoms with Crippen molar-refractivity contribution in [2.24, 2.45) is 0 Å². The van der Waals surface area contributed by atoms with Crippen molar-refractivity contribution >= 4 is 11.5 Å². The third-order valence-electron chi connectivity index (χ3n) is 3.56. The number of nitrogens with zero attached hydrogens (tertiary/aromatic N) is 2. The number of anilines is 1. The first-order valence-corrected chi connectivity index (χ1v) is 6.36. The van der Waals surface area contributed by atoms with E-state index in [0.717, 1.165) is 37.3 Å². The van der Waals surface area contributed by atoms with Crippen molar-refractivity contribution in [2.45, 2.75) is 6.92 Å². The third kappa shape index (κ3) is 3.09. The first-order chi connectivity index (χ1) is 8.56. The maximum atomic E-state index is 12.1. The summed E-state index contributed by atoms with van der Waals surface area (Å²) in [5.41, 5.74) is 8.27. The molecule has 4 nitrogen and oxygen atoms in total. The molecule has 0 bridgehead atoms. The Labute approximate surface area is 108 Å². The van der Waals surface area contributed by atoms with Gasteiger partial charge in [-0.25, -0.2) is 0 Å². The molecule has 0 saturated carbocycles. The highest BCUT2D eigenvalue weighted by Crippen LogP contribution is 2.14. The van der Waals surface area contributed by atoms with Crippen LogP contribution >= 0.6 is 0 Å². The first kappa shape index (κ1) is 13.1. The number of hydrogen-bond acceptors (Lipinski definition) is 4. The highest BCUT2D eigenvalue weighted by molar-refractivity contribution is 5.98. The van der Waals surface area contributed by atoms with Crippen LogP contribution in [0.1, 0.15) is 15.9 Å². The second kappa shape index (κ2) is 5.50. The van der Waals surface area contributed by atoms with E-state index in [1.54, 1.807) is 6.07 Å². The molecule has 0 amide bonds. The number of ketones is 1. The molecule has 1 aromatic carbocycles. The van der Waals surface area contributed by atoms with Crippen molar-refractivity contribution in [3.8, 4) is 0 Å². The highest BCUT2D eigenvalue weighted by atomic mass is 16.1. The average Bonchev–Trinajstić information content (AvgIpc) is 2.35. The normalized spacial score (nSPS) is 17.9. The molecule has 1 aliphatic heterocycles. The number of piperazine rings is 1. The zero-order valence-corrected chi connectivity index (χ0v) is 11.1. The van der Waals surface area contributed by atoms with Gasteiger partial charge in [0, 0.05) is 37.4 Å². The number of aryl methyl sites for hydroxylation is 1. The number of nitrogen functional groups attached to an aromatic ring is 1. The van der Waals surface area contributed by atoms with E-state index in [1.165, 1.54) is 0 Å². The smallest absolute Gasteiger partial charge is 0.176 e. The highest BCUT2D eigenvalue weighted by Gasteiger charge is 2.17. The van der Waals surface area contributed by atoms with Crippen LogP contribution < -0.4 is 5.73 Å². The lowest BCUT2D eigenvalue weighted by Crippen LogP contribution is -2.46. The summed E-state index contributed by atoms with van der Waals surface area (Å²) >= 11 is 0. The summed E-state index contributed by atoms with van der Waals surface area (Å²) in [6.45, 7) is 6.43. The van der Waals surface area contributed by atoms with Crippen LogP contribution in [0.25, 0.3) is 0 Å². The minimum Gasteiger partial charge on any atom is -0.398 e. The van der Waals surface area contributed by atoms with E-state index in [9.17, 15) is 4.79 Å². The molecule has 1 fully saturated rings. The van der Waals surface area contributed by atoms with Crippen LogP contribution in [0, 0.1) is 6.92 Å². The minimum atomic E-state index is 0.159. The molecule has 0 radical (unpaired) electrons. The lowest BCUT2D eigenvalue weighted by molar-refractivity contribution is 0.0876. The zero-order chi connectivity index (χ0) is 13.1. The van der Waals surface area contributed by atoms with E-state index in [4.69, 9.17) is 5.73 Å². The van der Waals surface area contributed by atoms with Gasteiger partial charge >= 0.3 is 0 Å². The molecule has 0 spiro atoms. The Kier molecular flexibility index (Phi) is 3.99. The molecule has 98 valence electrons. The number of carbonyl (C=O) groups excluding carboxylic acids is 1. The predicted molar refractivity (Wildman–Crippen MR) is 73.9 cm³/mol. The Morgan fingerprint density at radius 1 is 1.28 bits per heavy atom. The molecule has 0 atom stereocenters. The van der Waals surface area contributed by atoms with Gasteiger partial charge in [0.25, 0.3) is 0 Å². The SMILES string of the molecule is Cc1ccc(C(=O)CN2CCN(C)CC2)cc1N. The summed E-state index contributed by atoms with van der Waals surface area (Å²) in [7, 11) is 2.11. The third-order valence-corrected chi connectivity index (χ3v) is 3.56. The number of carbonyl (C=O) groups is 1. The summed E-state index contributed by atoms with van der Waals surface area (Å²) in [5, 5.41) is 0. The van der Waals surface area contributed by atoms with E-state index in [2.05, 4.69) is 16.8 Å². The molecule has 1 heterocycles. The largest absolute Gasteiger partial charge is 0.398 e. The number of rotatable bonds is 3. The van der Waals surface area contributed by atoms with Crippen LogP contribution in [0.15, 0.2) is 18.2 Å². The van der Waals surface area contributed by atoms with Crippen LogP contribution in [0.4, 0.5) is 5.69 Å². The van der Waals surface area contributed by atoms with Crippen LogP contribution in [0.5, 0.6) is 0 Å². The fourth-order valence-corrected chi connectivity index (χ4v) is 2.11. The fraction of sp³-hybridized carbons (Fsp3) is 0.500. The Hall–Kier alpha value is -1.39. The Bertz CT molecular complexity index is 437. The van der Waals surface area contributed by atoms with Crippen LogP contribution in [-0.2, 0) is 0 Å². The van der Waals surface area contributed by atoms with Gasteiger partial charge in [0.05, 0.1) is 6.54 Å². The van der Waals surface area contributed by atoms with Gasteiger partial charge in [0.2, 0.25) is 0 Å². The molecule has 0 unspecified atom stereocenters. The van der Waals surface area contributed by atoms with E-state index in [1.807, 2.05) is 19.1 Å². The first-order valence-electron chi connectivity index (χ1n) is 6.36. The summed E-state index contributed by atoms with van der Waals surface area (Å²) in [4.78, 5) is 16.6. The summed E-state index contributed by atoms with van der Waals surface area (Å²) in [5.74, 6) is 0.159. The van der Waals surface area contributed by atoms with Gasteiger partial charge in [-0.05, 0) is 25.6 Å². The number of Topliss-reactive ketones (excluding diaryl/α,β-unsaturated/α-hetero) is 1. The fourth-order valence-electron chi connectivity index (χ4n) is 2.11. The summed E-state index contributed by atoms with van der Waals surface area (Å²) < 4.78 is 0. The molecular formula is C14H21N3O. The Morgan fingerprint density at radius 3 is 2.56 bits per heavy atom. The number of likely N-dealkylation sites (N-methyl/N-ethyl adjacent to an activating group) is 1. The molecule has 1 aromatic rings. The predicted octanol–water partition coefficient (Wildman–Crippen LogP) is 1.01. The van der Waals surface area contributed by atoms with E-state index in [0.29, 0.717) is 12.2 Å². The standard InChI is InChI=1S/C14H21N3O/c1-11-3-4-12(9-13(11)15)14(18)10-17-7-5-16(2)6-8-17/h3-4,9H,5-8,10,15H2,1-2H3. The van der Waals surface area contributed by atoms with Crippen molar-refractivity contribution < 1.29 is 4.79 Å². The lowest BCUT2D eigenvalue weighted by atomic mass is 10.1. The molecule has 2 N–H and O–H groups in total. The molecule has 1 aliphatic rings. The van der Waals surface area contributed by atoms with Gasteiger partial charge in [-0.1, -0.05) is 12.1 Å². The van der Waals surface area contributed by atoms with E-state index in [-0.39, 0.29) is 5.78 Å². The van der Waals surface area contributed by atoms with Crippen molar-refractivity contribution in [2.75, 3.05) is 45.5 Å². The van der Waals surface area contributed by atoms with Gasteiger partial charge in [0.1, 0.15) is 0 Å². The van der Waals surface area contributed by atoms with Crippen molar-refractivity contribution in [1.29, 1.82) is 0 Å². The summed E-state index contributed by atoms with van der Waals surface area (Å²) in [6, 6.07) is 5.56. The number of hydrogen-bond donors (Lipinski definition) is 1. The molecule has 18 heavy (non-hydrogen) atoms. The second-order valence-corrected chi connectivity index (χ2v) is 5.07. The molecule has 0 aromatic heterocycles. The maximum absolute atomic E-state index is 12.1. The zero-order valence-electron chi connectivity index (χ0n) is 11.1. The van der Waals surface area contributed by atoms with Gasteiger partial charge in [0.15, 0.2) is 5.78 Å². The van der Waals surface area contributed by atoms with Crippen molar-refractivity contribution in [3.63, 3.8) is 0 Å². The topological polar surface area (TPSA) is 49.6 Å². The molecule has 1 saturated heterocycles. The van der Waals surface area contributed by atoms with Crippen molar-refractivity contribution in [3.05, 3.63) is 29.3 Å². The van der Waals surface area contributed by atoms with Crippen LogP contribution in [0.2, 0.25) is 0 Å². The van der Waals surface area contributed by atoms with Crippen LogP contribution in [-0.4, -0.2) is 55.4 Å². The second-order valence-electron chi connectivity index (χ2n) is 5.07. The minimum absolute atomic E-state index is 0.159. The van der Waals surface area contributed by atoms with E-state index < -0.39 is 0 Å². The summed E-state index contributed by atoms with van der Waals surface area (Å²) in [6.07, 6.45) is 0. The molecule has 2 rings (SSSR count). The Morgan fingerprint density at radius 2 is 1.94 bits per heavy atom. The monoisotopic (exact) mass is 247 g/mol. The van der Waals surface area contributed by atoms with E-state index >= 15 is 0 Å². The van der Waals surface area contributed by atoms with Gasteiger partial charge in [-0.3, -0.25) is 9.69 Å². The van der Waals surface area contributed by atoms with Gasteiger partial charge in [-0.15, -0.1) is 0 Å². The van der Waals surface area contributed by atoms with Gasteiger partial charge < -0.3 is 10.6 Å². The number of nitrogens with two attached hydrogens (primary N) is 1. The van der Waals surface area contributed by atoms with Gasteiger partial charge in [-0.2, -0.15) is 0 Å². The van der Waals surface area contributed by atoms with Crippen molar-refractivity contribution in [1.82, 2.24) is 9.80 Å². The average molecular weight is 247 g/mol. The molecular weight excluding hydrogens is 226 g/mol. The molecule has 4 heteroatoms. The number of benzene rings is 1. The maximum Gasteiger partial charge on any atom is 0.176 e. The van der Waals surface area contributed by atoms with Crippen LogP contribution in [0.3, 0.4) is 0 Å².